The van der Waals surface area contributed by atoms with Crippen LogP contribution in [0.15, 0.2) is 6.33 Å². The molecule has 0 aromatic carbocycles. The predicted octanol–water partition coefficient (Wildman–Crippen LogP) is 1.92. The molecule has 0 amide bonds. The molecule has 0 aliphatic carbocycles. The van der Waals surface area contributed by atoms with Crippen molar-refractivity contribution in [1.82, 2.24) is 9.97 Å². The van der Waals surface area contributed by atoms with Crippen LogP contribution in [0.5, 0.6) is 0 Å². The molecule has 0 unspecified atom stereocenters. The molecular weight excluding hydrogens is 124 g/mol. The van der Waals surface area contributed by atoms with Gasteiger partial charge in [-0.05, 0) is 12.8 Å². The zero-order valence-corrected chi connectivity index (χ0v) is 6.65. The maximum Gasteiger partial charge on any atom is 0.0925 e. The van der Waals surface area contributed by atoms with Gasteiger partial charge in [0.25, 0.3) is 0 Å². The van der Waals surface area contributed by atoms with E-state index in [9.17, 15) is 0 Å². The van der Waals surface area contributed by atoms with Crippen molar-refractivity contribution < 1.29 is 0 Å². The van der Waals surface area contributed by atoms with Crippen molar-refractivity contribution >= 4 is 0 Å². The summed E-state index contributed by atoms with van der Waals surface area (Å²) in [4.78, 5) is 7.34. The van der Waals surface area contributed by atoms with Crippen LogP contribution >= 0.6 is 0 Å². The van der Waals surface area contributed by atoms with Crippen molar-refractivity contribution in [3.63, 3.8) is 0 Å². The summed E-state index contributed by atoms with van der Waals surface area (Å²) < 4.78 is 0. The van der Waals surface area contributed by atoms with Crippen LogP contribution in [0, 0.1) is 0 Å². The molecule has 0 aliphatic heterocycles. The van der Waals surface area contributed by atoms with Gasteiger partial charge in [-0.15, -0.1) is 0 Å². The Bertz CT molecular complexity index is 191. The lowest BCUT2D eigenvalue weighted by Gasteiger charge is -1.95. The Labute approximate surface area is 61.7 Å². The van der Waals surface area contributed by atoms with Crippen molar-refractivity contribution in [2.45, 2.75) is 33.1 Å². The van der Waals surface area contributed by atoms with E-state index in [1.165, 1.54) is 17.8 Å². The van der Waals surface area contributed by atoms with Gasteiger partial charge in [0, 0.05) is 5.69 Å². The Hall–Kier alpha value is -0.790. The normalized spacial score (nSPS) is 10.2. The van der Waals surface area contributed by atoms with E-state index in [2.05, 4.69) is 23.8 Å². The van der Waals surface area contributed by atoms with Gasteiger partial charge in [-0.3, -0.25) is 0 Å². The van der Waals surface area contributed by atoms with Gasteiger partial charge >= 0.3 is 0 Å². The van der Waals surface area contributed by atoms with Gasteiger partial charge < -0.3 is 4.98 Å². The van der Waals surface area contributed by atoms with E-state index in [1.54, 1.807) is 6.33 Å². The summed E-state index contributed by atoms with van der Waals surface area (Å²) in [6.45, 7) is 4.32. The molecule has 1 aromatic heterocycles. The Morgan fingerprint density at radius 2 is 2.30 bits per heavy atom. The zero-order chi connectivity index (χ0) is 7.40. The molecule has 1 N–H and O–H groups in total. The highest BCUT2D eigenvalue weighted by Gasteiger charge is 1.99. The maximum atomic E-state index is 4.20. The van der Waals surface area contributed by atoms with Crippen molar-refractivity contribution in [2.24, 2.45) is 0 Å². The molecule has 1 rings (SSSR count). The van der Waals surface area contributed by atoms with Gasteiger partial charge in [-0.1, -0.05) is 20.3 Å². The molecule has 0 spiro atoms. The number of H-pyrrole nitrogens is 1. The molecule has 10 heavy (non-hydrogen) atoms. The SMILES string of the molecule is CCCc1[nH]cnc1CC. The lowest BCUT2D eigenvalue weighted by Crippen LogP contribution is -1.89. The summed E-state index contributed by atoms with van der Waals surface area (Å²) in [5.74, 6) is 0. The third-order valence-corrected chi connectivity index (χ3v) is 1.64. The van der Waals surface area contributed by atoms with Crippen LogP contribution in [0.3, 0.4) is 0 Å². The third-order valence-electron chi connectivity index (χ3n) is 1.64. The predicted molar refractivity (Wildman–Crippen MR) is 42.0 cm³/mol. The maximum absolute atomic E-state index is 4.20. The number of aromatic amines is 1. The molecule has 0 saturated heterocycles. The molecule has 0 atom stereocenters. The Morgan fingerprint density at radius 1 is 1.50 bits per heavy atom. The van der Waals surface area contributed by atoms with Crippen LogP contribution in [-0.2, 0) is 12.8 Å². The Balaban J connectivity index is 2.70. The molecule has 0 fully saturated rings. The highest BCUT2D eigenvalue weighted by molar-refractivity contribution is 5.10. The van der Waals surface area contributed by atoms with E-state index in [1.807, 2.05) is 0 Å². The summed E-state index contributed by atoms with van der Waals surface area (Å²) >= 11 is 0. The van der Waals surface area contributed by atoms with Crippen LogP contribution in [0.1, 0.15) is 31.7 Å². The van der Waals surface area contributed by atoms with Gasteiger partial charge in [0.1, 0.15) is 0 Å². The van der Waals surface area contributed by atoms with E-state index < -0.39 is 0 Å². The lowest BCUT2D eigenvalue weighted by atomic mass is 10.2. The zero-order valence-electron chi connectivity index (χ0n) is 6.65. The van der Waals surface area contributed by atoms with Crippen molar-refractivity contribution in [2.75, 3.05) is 0 Å². The van der Waals surface area contributed by atoms with E-state index >= 15 is 0 Å². The number of nitrogens with one attached hydrogen (secondary N) is 1. The Kier molecular flexibility index (Phi) is 2.49. The molecule has 0 saturated carbocycles. The van der Waals surface area contributed by atoms with E-state index in [-0.39, 0.29) is 0 Å². The number of nitrogens with zero attached hydrogens (tertiary/aromatic N) is 1. The standard InChI is InChI=1S/C8H14N2/c1-3-5-8-7(4-2)9-6-10-8/h6H,3-5H2,1-2H3,(H,9,10). The number of rotatable bonds is 3. The lowest BCUT2D eigenvalue weighted by molar-refractivity contribution is 0.868. The first-order valence-corrected chi connectivity index (χ1v) is 3.89. The molecule has 1 aromatic rings. The molecular formula is C8H14N2. The average Bonchev–Trinajstić information content (AvgIpc) is 2.36. The second kappa shape index (κ2) is 3.40. The first-order valence-electron chi connectivity index (χ1n) is 3.89. The largest absolute Gasteiger partial charge is 0.348 e. The van der Waals surface area contributed by atoms with E-state index in [0.29, 0.717) is 0 Å². The molecule has 2 nitrogen and oxygen atoms in total. The average molecular weight is 138 g/mol. The smallest absolute Gasteiger partial charge is 0.0925 e. The van der Waals surface area contributed by atoms with Crippen molar-refractivity contribution in [3.8, 4) is 0 Å². The number of imidazole rings is 1. The summed E-state index contributed by atoms with van der Waals surface area (Å²) in [6, 6.07) is 0. The minimum Gasteiger partial charge on any atom is -0.348 e. The minimum atomic E-state index is 1.04. The monoisotopic (exact) mass is 138 g/mol. The number of aromatic nitrogens is 2. The van der Waals surface area contributed by atoms with Crippen LogP contribution in [0.4, 0.5) is 0 Å². The van der Waals surface area contributed by atoms with Crippen LogP contribution < -0.4 is 0 Å². The molecule has 2 heteroatoms. The fourth-order valence-corrected chi connectivity index (χ4v) is 1.12. The topological polar surface area (TPSA) is 28.7 Å². The highest BCUT2D eigenvalue weighted by Crippen LogP contribution is 2.05. The fraction of sp³-hybridized carbons (Fsp3) is 0.625. The Morgan fingerprint density at radius 3 is 2.90 bits per heavy atom. The first kappa shape index (κ1) is 7.32. The molecule has 1 heterocycles. The van der Waals surface area contributed by atoms with Gasteiger partial charge in [-0.2, -0.15) is 0 Å². The van der Waals surface area contributed by atoms with Crippen molar-refractivity contribution in [1.29, 1.82) is 0 Å². The summed E-state index contributed by atoms with van der Waals surface area (Å²) in [5.41, 5.74) is 2.53. The molecule has 0 aliphatic rings. The summed E-state index contributed by atoms with van der Waals surface area (Å²) in [7, 11) is 0. The summed E-state index contributed by atoms with van der Waals surface area (Å²) in [6.07, 6.45) is 5.14. The number of hydrogen-bond acceptors (Lipinski definition) is 1. The number of hydrogen-bond donors (Lipinski definition) is 1. The van der Waals surface area contributed by atoms with Gasteiger partial charge in [0.05, 0.1) is 12.0 Å². The van der Waals surface area contributed by atoms with Gasteiger partial charge in [0.2, 0.25) is 0 Å². The van der Waals surface area contributed by atoms with Crippen molar-refractivity contribution in [3.05, 3.63) is 17.7 Å². The van der Waals surface area contributed by atoms with Crippen LogP contribution in [0.2, 0.25) is 0 Å². The molecule has 0 radical (unpaired) electrons. The quantitative estimate of drug-likeness (QED) is 0.679. The first-order chi connectivity index (χ1) is 4.88. The van der Waals surface area contributed by atoms with E-state index in [0.717, 1.165) is 12.8 Å². The van der Waals surface area contributed by atoms with Crippen LogP contribution in [0.25, 0.3) is 0 Å². The minimum absolute atomic E-state index is 1.04. The third kappa shape index (κ3) is 1.38. The second-order valence-corrected chi connectivity index (χ2v) is 2.43. The molecule has 56 valence electrons. The second-order valence-electron chi connectivity index (χ2n) is 2.43. The number of aryl methyl sites for hydroxylation is 2. The fourth-order valence-electron chi connectivity index (χ4n) is 1.12. The highest BCUT2D eigenvalue weighted by atomic mass is 14.9. The van der Waals surface area contributed by atoms with E-state index in [4.69, 9.17) is 0 Å². The van der Waals surface area contributed by atoms with Gasteiger partial charge in [-0.25, -0.2) is 4.98 Å². The summed E-state index contributed by atoms with van der Waals surface area (Å²) in [5, 5.41) is 0. The van der Waals surface area contributed by atoms with Crippen LogP contribution in [-0.4, -0.2) is 9.97 Å². The molecule has 0 bridgehead atoms. The van der Waals surface area contributed by atoms with Gasteiger partial charge in [0.15, 0.2) is 0 Å².